The van der Waals surface area contributed by atoms with Crippen LogP contribution in [0.15, 0.2) is 12.3 Å². The summed E-state index contributed by atoms with van der Waals surface area (Å²) in [5.41, 5.74) is 0. The van der Waals surface area contributed by atoms with Gasteiger partial charge in [-0.2, -0.15) is 0 Å². The summed E-state index contributed by atoms with van der Waals surface area (Å²) in [6, 6.07) is 1.16. The molecule has 2 N–H and O–H groups in total. The van der Waals surface area contributed by atoms with E-state index in [0.717, 1.165) is 12.5 Å². The van der Waals surface area contributed by atoms with Crippen LogP contribution in [0.25, 0.3) is 0 Å². The lowest BCUT2D eigenvalue weighted by Crippen LogP contribution is -3.04. The molecule has 0 aromatic carbocycles. The fourth-order valence-electron chi connectivity index (χ4n) is 0.846. The second-order valence-electron chi connectivity index (χ2n) is 2.05. The fourth-order valence-corrected chi connectivity index (χ4v) is 0.846. The molecule has 0 spiro atoms. The van der Waals surface area contributed by atoms with E-state index in [1.165, 1.54) is 4.90 Å². The minimum absolute atomic E-state index is 0.221. The second kappa shape index (κ2) is 2.29. The predicted molar refractivity (Wildman–Crippen MR) is 31.0 cm³/mol. The molecule has 1 aliphatic rings. The Hall–Kier alpha value is -0.340. The van der Waals surface area contributed by atoms with E-state index in [9.17, 15) is 0 Å². The van der Waals surface area contributed by atoms with E-state index in [1.807, 2.05) is 13.2 Å². The molecule has 8 heavy (non-hydrogen) atoms. The summed E-state index contributed by atoms with van der Waals surface area (Å²) < 4.78 is 0. The van der Waals surface area contributed by atoms with Crippen molar-refractivity contribution in [2.45, 2.75) is 6.42 Å². The van der Waals surface area contributed by atoms with Crippen LogP contribution in [-0.4, -0.2) is 18.8 Å². The van der Waals surface area contributed by atoms with Gasteiger partial charge in [0, 0.05) is 7.05 Å². The zero-order valence-corrected chi connectivity index (χ0v) is 5.02. The van der Waals surface area contributed by atoms with E-state index in [-0.39, 0.29) is 6.61 Å². The minimum atomic E-state index is 0.221. The smallest absolute Gasteiger partial charge is 0.0616 e. The quantitative estimate of drug-likeness (QED) is 0.416. The average Bonchev–Trinajstić information content (AvgIpc) is 2.14. The molecule has 1 heterocycles. The summed E-state index contributed by atoms with van der Waals surface area (Å²) in [5, 5.41) is 8.64. The molecule has 0 fully saturated rings. The average molecular weight is 113 g/mol. The van der Waals surface area contributed by atoms with Gasteiger partial charge in [-0.15, -0.1) is 6.42 Å². The van der Waals surface area contributed by atoms with Crippen LogP contribution in [0.5, 0.6) is 0 Å². The number of rotatable bonds is 1. The first kappa shape index (κ1) is 5.79. The van der Waals surface area contributed by atoms with Crippen LogP contribution in [-0.2, 0) is 0 Å². The summed E-state index contributed by atoms with van der Waals surface area (Å²) in [7, 11) is 2.02. The van der Waals surface area contributed by atoms with Crippen molar-refractivity contribution in [3.8, 4) is 0 Å². The minimum Gasteiger partial charge on any atom is -0.437 e. The maximum Gasteiger partial charge on any atom is 0.0616 e. The SMILES string of the molecule is C[NH+]1C=CC[C-]1CO. The number of hydrogen-bond donors (Lipinski definition) is 2. The summed E-state index contributed by atoms with van der Waals surface area (Å²) in [6.07, 6.45) is 5.06. The highest BCUT2D eigenvalue weighted by atomic mass is 16.3. The monoisotopic (exact) mass is 113 g/mol. The third-order valence-corrected chi connectivity index (χ3v) is 1.48. The van der Waals surface area contributed by atoms with Crippen molar-refractivity contribution in [1.82, 2.24) is 0 Å². The first-order chi connectivity index (χ1) is 3.84. The number of likely N-dealkylation sites (N-methyl/N-ethyl adjacent to an activating group) is 1. The third kappa shape index (κ3) is 0.904. The van der Waals surface area contributed by atoms with Crippen molar-refractivity contribution in [3.63, 3.8) is 0 Å². The van der Waals surface area contributed by atoms with Crippen LogP contribution in [0, 0.1) is 6.04 Å². The molecule has 2 nitrogen and oxygen atoms in total. The fraction of sp³-hybridized carbons (Fsp3) is 0.500. The molecule has 1 unspecified atom stereocenters. The van der Waals surface area contributed by atoms with E-state index in [4.69, 9.17) is 5.11 Å². The number of aliphatic hydroxyl groups excluding tert-OH is 1. The van der Waals surface area contributed by atoms with Crippen molar-refractivity contribution < 1.29 is 10.0 Å². The Morgan fingerprint density at radius 1 is 1.88 bits per heavy atom. The van der Waals surface area contributed by atoms with Gasteiger partial charge in [0.2, 0.25) is 0 Å². The van der Waals surface area contributed by atoms with Gasteiger partial charge in [-0.25, -0.2) is 0 Å². The van der Waals surface area contributed by atoms with E-state index in [0.29, 0.717) is 0 Å². The zero-order chi connectivity index (χ0) is 5.98. The molecule has 0 aromatic heterocycles. The Labute approximate surface area is 49.4 Å². The Bertz CT molecular complexity index is 101. The number of hydrogen-bond acceptors (Lipinski definition) is 1. The third-order valence-electron chi connectivity index (χ3n) is 1.48. The number of quaternary nitrogens is 1. The standard InChI is InChI=1S/C6H11NO/c1-7-4-2-3-6(7)5-8/h2,4,7-8H,3,5H2,1H3. The summed E-state index contributed by atoms with van der Waals surface area (Å²) in [4.78, 5) is 1.23. The molecule has 1 aliphatic heterocycles. The van der Waals surface area contributed by atoms with Gasteiger partial charge in [-0.05, 0) is 6.61 Å². The van der Waals surface area contributed by atoms with Gasteiger partial charge in [-0.3, -0.25) is 0 Å². The lowest BCUT2D eigenvalue weighted by Gasteiger charge is -2.24. The first-order valence-electron chi connectivity index (χ1n) is 2.80. The summed E-state index contributed by atoms with van der Waals surface area (Å²) >= 11 is 0. The molecule has 0 saturated heterocycles. The van der Waals surface area contributed by atoms with Crippen LogP contribution >= 0.6 is 0 Å². The van der Waals surface area contributed by atoms with Gasteiger partial charge in [0.15, 0.2) is 0 Å². The van der Waals surface area contributed by atoms with Crippen molar-refractivity contribution in [2.75, 3.05) is 13.7 Å². The van der Waals surface area contributed by atoms with Crippen molar-refractivity contribution in [3.05, 3.63) is 18.3 Å². The Morgan fingerprint density at radius 2 is 2.62 bits per heavy atom. The predicted octanol–water partition coefficient (Wildman–Crippen LogP) is -1.06. The molecule has 0 aliphatic carbocycles. The van der Waals surface area contributed by atoms with E-state index in [1.54, 1.807) is 0 Å². The summed E-state index contributed by atoms with van der Waals surface area (Å²) in [5.74, 6) is 0. The molecule has 1 rings (SSSR count). The van der Waals surface area contributed by atoms with Gasteiger partial charge in [0.1, 0.15) is 0 Å². The molecule has 0 bridgehead atoms. The highest BCUT2D eigenvalue weighted by molar-refractivity contribution is 4.94. The molecule has 0 amide bonds. The molecule has 46 valence electrons. The largest absolute Gasteiger partial charge is 0.437 e. The molecule has 1 atom stereocenters. The molecule has 0 aromatic rings. The highest BCUT2D eigenvalue weighted by Crippen LogP contribution is 2.00. The Morgan fingerprint density at radius 3 is 2.88 bits per heavy atom. The van der Waals surface area contributed by atoms with Crippen LogP contribution < -0.4 is 4.90 Å². The van der Waals surface area contributed by atoms with Crippen LogP contribution in [0.3, 0.4) is 0 Å². The first-order valence-corrected chi connectivity index (χ1v) is 2.80. The second-order valence-corrected chi connectivity index (χ2v) is 2.05. The van der Waals surface area contributed by atoms with Crippen LogP contribution in [0.4, 0.5) is 0 Å². The number of aliphatic hydroxyl groups is 1. The van der Waals surface area contributed by atoms with E-state index < -0.39 is 0 Å². The lowest BCUT2D eigenvalue weighted by atomic mass is 10.2. The topological polar surface area (TPSA) is 24.7 Å². The maximum absolute atomic E-state index is 8.64. The molecule has 2 heteroatoms. The highest BCUT2D eigenvalue weighted by Gasteiger charge is 2.05. The van der Waals surface area contributed by atoms with Crippen LogP contribution in [0.2, 0.25) is 0 Å². The van der Waals surface area contributed by atoms with Crippen molar-refractivity contribution in [1.29, 1.82) is 0 Å². The molecule has 0 saturated carbocycles. The van der Waals surface area contributed by atoms with Gasteiger partial charge in [-0.1, -0.05) is 12.1 Å². The Kier molecular flexibility index (Phi) is 1.65. The van der Waals surface area contributed by atoms with Crippen molar-refractivity contribution >= 4 is 0 Å². The molecular formula is C6H11NO. The van der Waals surface area contributed by atoms with Gasteiger partial charge >= 0.3 is 0 Å². The van der Waals surface area contributed by atoms with E-state index in [2.05, 4.69) is 6.08 Å². The van der Waals surface area contributed by atoms with Crippen molar-refractivity contribution in [2.24, 2.45) is 0 Å². The van der Waals surface area contributed by atoms with Gasteiger partial charge in [0.05, 0.1) is 6.20 Å². The van der Waals surface area contributed by atoms with E-state index >= 15 is 0 Å². The zero-order valence-electron chi connectivity index (χ0n) is 5.02. The maximum atomic E-state index is 8.64. The van der Waals surface area contributed by atoms with Gasteiger partial charge in [0.25, 0.3) is 0 Å². The van der Waals surface area contributed by atoms with Gasteiger partial charge < -0.3 is 10.0 Å². The Balaban J connectivity index is 2.38. The summed E-state index contributed by atoms with van der Waals surface area (Å²) in [6.45, 7) is 0.221. The normalized spacial score (nSPS) is 29.5. The molecular weight excluding hydrogens is 102 g/mol. The van der Waals surface area contributed by atoms with Crippen LogP contribution in [0.1, 0.15) is 6.42 Å². The molecule has 0 radical (unpaired) electrons. The number of nitrogens with one attached hydrogen (secondary N) is 1. The lowest BCUT2D eigenvalue weighted by molar-refractivity contribution is -0.807.